The van der Waals surface area contributed by atoms with Gasteiger partial charge >= 0.3 is 5.97 Å². The van der Waals surface area contributed by atoms with Crippen LogP contribution in [0, 0.1) is 0 Å². The van der Waals surface area contributed by atoms with Crippen molar-refractivity contribution in [1.82, 2.24) is 9.80 Å². The number of amides is 1. The summed E-state index contributed by atoms with van der Waals surface area (Å²) in [6.45, 7) is 0.821. The van der Waals surface area contributed by atoms with E-state index in [4.69, 9.17) is 21.1 Å². The highest BCUT2D eigenvalue weighted by Gasteiger charge is 2.31. The molecule has 0 fully saturated rings. The van der Waals surface area contributed by atoms with Crippen molar-refractivity contribution >= 4 is 23.5 Å². The number of hydrogen-bond donors (Lipinski definition) is 0. The minimum absolute atomic E-state index is 0.0569. The number of rotatable bonds is 8. The van der Waals surface area contributed by atoms with Crippen molar-refractivity contribution in [2.24, 2.45) is 0 Å². The standard InChI is InChI=1S/C16H23ClN2O4/c1-18(2)14(20)11-19(9-10-22-3)15(16(21)23-4)12-7-5-6-8-13(12)17/h5-8,15H,9-11H2,1-4H3/t15-/m1/s1. The molecule has 0 aliphatic heterocycles. The van der Waals surface area contributed by atoms with Crippen LogP contribution in [0.4, 0.5) is 0 Å². The minimum Gasteiger partial charge on any atom is -0.468 e. The number of hydrogen-bond acceptors (Lipinski definition) is 5. The lowest BCUT2D eigenvalue weighted by atomic mass is 10.0. The Morgan fingerprint density at radius 2 is 1.87 bits per heavy atom. The van der Waals surface area contributed by atoms with Gasteiger partial charge in [0.25, 0.3) is 0 Å². The molecule has 0 aliphatic rings. The first-order valence-electron chi connectivity index (χ1n) is 7.17. The zero-order chi connectivity index (χ0) is 17.4. The first kappa shape index (κ1) is 19.4. The molecular formula is C16H23ClN2O4. The number of halogens is 1. The maximum absolute atomic E-state index is 12.3. The summed E-state index contributed by atoms with van der Waals surface area (Å²) in [4.78, 5) is 27.6. The quantitative estimate of drug-likeness (QED) is 0.671. The summed E-state index contributed by atoms with van der Waals surface area (Å²) in [7, 11) is 6.21. The number of carbonyl (C=O) groups is 2. The van der Waals surface area contributed by atoms with Crippen LogP contribution in [-0.2, 0) is 19.1 Å². The molecule has 1 amide bonds. The monoisotopic (exact) mass is 342 g/mol. The third-order valence-corrected chi connectivity index (χ3v) is 3.75. The number of ether oxygens (including phenoxy) is 2. The van der Waals surface area contributed by atoms with Crippen molar-refractivity contribution in [3.8, 4) is 0 Å². The molecule has 1 atom stereocenters. The molecule has 0 aliphatic carbocycles. The molecular weight excluding hydrogens is 320 g/mol. The predicted molar refractivity (Wildman–Crippen MR) is 88.4 cm³/mol. The normalized spacial score (nSPS) is 12.1. The molecule has 1 aromatic rings. The van der Waals surface area contributed by atoms with Gasteiger partial charge in [0.2, 0.25) is 5.91 Å². The summed E-state index contributed by atoms with van der Waals surface area (Å²) in [5.41, 5.74) is 0.601. The van der Waals surface area contributed by atoms with E-state index in [-0.39, 0.29) is 12.5 Å². The van der Waals surface area contributed by atoms with Gasteiger partial charge in [-0.05, 0) is 11.6 Å². The molecule has 0 N–H and O–H groups in total. The third kappa shape index (κ3) is 5.49. The number of methoxy groups -OCH3 is 2. The van der Waals surface area contributed by atoms with Crippen molar-refractivity contribution in [3.05, 3.63) is 34.9 Å². The number of likely N-dealkylation sites (N-methyl/N-ethyl adjacent to an activating group) is 1. The molecule has 0 bridgehead atoms. The van der Waals surface area contributed by atoms with E-state index in [1.165, 1.54) is 12.0 Å². The van der Waals surface area contributed by atoms with E-state index in [9.17, 15) is 9.59 Å². The fourth-order valence-electron chi connectivity index (χ4n) is 2.10. The number of carbonyl (C=O) groups excluding carboxylic acids is 2. The fourth-order valence-corrected chi connectivity index (χ4v) is 2.34. The van der Waals surface area contributed by atoms with Crippen molar-refractivity contribution in [2.75, 3.05) is 48.0 Å². The summed E-state index contributed by atoms with van der Waals surface area (Å²) < 4.78 is 10.0. The van der Waals surface area contributed by atoms with Crippen molar-refractivity contribution in [3.63, 3.8) is 0 Å². The highest BCUT2D eigenvalue weighted by molar-refractivity contribution is 6.31. The number of nitrogens with zero attached hydrogens (tertiary/aromatic N) is 2. The summed E-state index contributed by atoms with van der Waals surface area (Å²) in [5, 5.41) is 0.447. The Morgan fingerprint density at radius 3 is 2.39 bits per heavy atom. The van der Waals surface area contributed by atoms with E-state index in [2.05, 4.69) is 0 Å². The molecule has 0 saturated carbocycles. The SMILES string of the molecule is COCCN(CC(=O)N(C)C)[C@@H](C(=O)OC)c1ccccc1Cl. The van der Waals surface area contributed by atoms with E-state index >= 15 is 0 Å². The fraction of sp³-hybridized carbons (Fsp3) is 0.500. The maximum atomic E-state index is 12.3. The Hall–Kier alpha value is -1.63. The largest absolute Gasteiger partial charge is 0.468 e. The molecule has 6 nitrogen and oxygen atoms in total. The van der Waals surface area contributed by atoms with E-state index in [0.717, 1.165) is 0 Å². The van der Waals surface area contributed by atoms with Crippen LogP contribution in [0.3, 0.4) is 0 Å². The van der Waals surface area contributed by atoms with Crippen LogP contribution in [0.15, 0.2) is 24.3 Å². The Bertz CT molecular complexity index is 537. The molecule has 0 saturated heterocycles. The first-order valence-corrected chi connectivity index (χ1v) is 7.55. The lowest BCUT2D eigenvalue weighted by Crippen LogP contribution is -2.43. The van der Waals surface area contributed by atoms with Crippen LogP contribution in [0.25, 0.3) is 0 Å². The molecule has 0 unspecified atom stereocenters. The first-order chi connectivity index (χ1) is 10.9. The Labute approximate surface area is 141 Å². The maximum Gasteiger partial charge on any atom is 0.327 e. The zero-order valence-electron chi connectivity index (χ0n) is 13.9. The van der Waals surface area contributed by atoms with E-state index < -0.39 is 12.0 Å². The van der Waals surface area contributed by atoms with Crippen LogP contribution in [0.5, 0.6) is 0 Å². The number of esters is 1. The summed E-state index contributed by atoms with van der Waals surface area (Å²) >= 11 is 6.24. The molecule has 0 heterocycles. The van der Waals surface area contributed by atoms with Crippen LogP contribution >= 0.6 is 11.6 Å². The molecule has 0 aromatic heterocycles. The topological polar surface area (TPSA) is 59.1 Å². The van der Waals surface area contributed by atoms with Gasteiger partial charge in [-0.3, -0.25) is 9.69 Å². The smallest absolute Gasteiger partial charge is 0.327 e. The molecule has 7 heteroatoms. The van der Waals surface area contributed by atoms with Gasteiger partial charge in [0.05, 0.1) is 20.3 Å². The average Bonchev–Trinajstić information content (AvgIpc) is 2.53. The molecule has 23 heavy (non-hydrogen) atoms. The zero-order valence-corrected chi connectivity index (χ0v) is 14.7. The second-order valence-electron chi connectivity index (χ2n) is 5.20. The van der Waals surface area contributed by atoms with Crippen LogP contribution in [0.1, 0.15) is 11.6 Å². The highest BCUT2D eigenvalue weighted by atomic mass is 35.5. The molecule has 0 radical (unpaired) electrons. The molecule has 0 spiro atoms. The van der Waals surface area contributed by atoms with E-state index in [1.54, 1.807) is 50.4 Å². The van der Waals surface area contributed by atoms with Crippen LogP contribution in [0.2, 0.25) is 5.02 Å². The predicted octanol–water partition coefficient (Wildman–Crippen LogP) is 1.59. The van der Waals surface area contributed by atoms with Crippen molar-refractivity contribution < 1.29 is 19.1 Å². The third-order valence-electron chi connectivity index (χ3n) is 3.41. The van der Waals surface area contributed by atoms with E-state index in [1.807, 2.05) is 0 Å². The Balaban J connectivity index is 3.18. The van der Waals surface area contributed by atoms with Crippen molar-refractivity contribution in [1.29, 1.82) is 0 Å². The average molecular weight is 343 g/mol. The minimum atomic E-state index is -0.771. The Kier molecular flexibility index (Phi) is 8.02. The van der Waals surface area contributed by atoms with E-state index in [0.29, 0.717) is 23.7 Å². The van der Waals surface area contributed by atoms with Gasteiger partial charge in [-0.25, -0.2) is 4.79 Å². The van der Waals surface area contributed by atoms with Gasteiger partial charge in [-0.15, -0.1) is 0 Å². The second kappa shape index (κ2) is 9.50. The Morgan fingerprint density at radius 1 is 1.22 bits per heavy atom. The van der Waals surface area contributed by atoms with Gasteiger partial charge < -0.3 is 14.4 Å². The highest BCUT2D eigenvalue weighted by Crippen LogP contribution is 2.28. The molecule has 128 valence electrons. The van der Waals surface area contributed by atoms with Gasteiger partial charge in [0, 0.05) is 32.8 Å². The number of benzene rings is 1. The summed E-state index contributed by atoms with van der Waals surface area (Å²) in [6.07, 6.45) is 0. The van der Waals surface area contributed by atoms with Gasteiger partial charge in [0.15, 0.2) is 0 Å². The molecule has 1 aromatic carbocycles. The van der Waals surface area contributed by atoms with Gasteiger partial charge in [0.1, 0.15) is 6.04 Å². The summed E-state index contributed by atoms with van der Waals surface area (Å²) in [5.74, 6) is -0.595. The van der Waals surface area contributed by atoms with Crippen molar-refractivity contribution in [2.45, 2.75) is 6.04 Å². The molecule has 1 rings (SSSR count). The summed E-state index contributed by atoms with van der Waals surface area (Å²) in [6, 6.07) is 6.26. The van der Waals surface area contributed by atoms with Crippen LogP contribution in [-0.4, -0.2) is 69.7 Å². The lowest BCUT2D eigenvalue weighted by Gasteiger charge is -2.30. The van der Waals surface area contributed by atoms with Gasteiger partial charge in [-0.2, -0.15) is 0 Å². The second-order valence-corrected chi connectivity index (χ2v) is 5.61. The lowest BCUT2D eigenvalue weighted by molar-refractivity contribution is -0.148. The van der Waals surface area contributed by atoms with Crippen LogP contribution < -0.4 is 0 Å². The van der Waals surface area contributed by atoms with Gasteiger partial charge in [-0.1, -0.05) is 29.8 Å².